The second-order valence-electron chi connectivity index (χ2n) is 9.77. The Hall–Kier alpha value is -4.38. The molecule has 0 unspecified atom stereocenters. The van der Waals surface area contributed by atoms with E-state index in [9.17, 15) is 22.4 Å². The van der Waals surface area contributed by atoms with Crippen molar-refractivity contribution in [3.05, 3.63) is 124 Å². The second-order valence-corrected chi connectivity index (χ2v) is 11.7. The molecule has 1 aromatic heterocycles. The quantitative estimate of drug-likeness (QED) is 0.217. The maximum Gasteiger partial charge on any atom is 0.244 e. The monoisotopic (exact) mass is 588 g/mol. The lowest BCUT2D eigenvalue weighted by Gasteiger charge is -2.27. The summed E-state index contributed by atoms with van der Waals surface area (Å²) in [7, 11) is -2.69. The molecule has 0 fully saturated rings. The maximum atomic E-state index is 14.0. The molecule has 8 nitrogen and oxygen atoms in total. The van der Waals surface area contributed by atoms with Gasteiger partial charge in [0.05, 0.1) is 41.8 Å². The van der Waals surface area contributed by atoms with Gasteiger partial charge in [0.1, 0.15) is 11.4 Å². The number of sulfonamides is 1. The number of carbonyl (C=O) groups is 1. The van der Waals surface area contributed by atoms with Crippen LogP contribution in [0.4, 0.5) is 4.39 Å². The maximum absolute atomic E-state index is 14.0. The van der Waals surface area contributed by atoms with E-state index in [0.717, 1.165) is 9.69 Å². The van der Waals surface area contributed by atoms with Crippen LogP contribution in [-0.4, -0.2) is 50.3 Å². The van der Waals surface area contributed by atoms with Crippen molar-refractivity contribution in [1.29, 1.82) is 0 Å². The molecular weight excluding hydrogens is 559 g/mol. The van der Waals surface area contributed by atoms with Crippen molar-refractivity contribution in [3.8, 4) is 0 Å². The Balaban J connectivity index is 1.50. The van der Waals surface area contributed by atoms with Gasteiger partial charge in [-0.15, -0.1) is 0 Å². The van der Waals surface area contributed by atoms with Crippen LogP contribution >= 0.6 is 0 Å². The summed E-state index contributed by atoms with van der Waals surface area (Å²) in [4.78, 5) is 28.6. The first-order valence-corrected chi connectivity index (χ1v) is 14.7. The molecule has 5 rings (SSSR count). The Bertz CT molecular complexity index is 1880. The summed E-state index contributed by atoms with van der Waals surface area (Å²) < 4.78 is 53.4. The van der Waals surface area contributed by atoms with Crippen LogP contribution in [-0.2, 0) is 32.6 Å². The number of benzene rings is 4. The zero-order chi connectivity index (χ0) is 29.7. The van der Waals surface area contributed by atoms with Gasteiger partial charge in [0.2, 0.25) is 15.9 Å². The molecule has 0 aliphatic carbocycles. The fourth-order valence-electron chi connectivity index (χ4n) is 4.76. The lowest BCUT2D eigenvalue weighted by atomic mass is 10.1. The molecular formula is C32H29FN2O6S. The van der Waals surface area contributed by atoms with E-state index in [1.807, 2.05) is 18.2 Å². The van der Waals surface area contributed by atoms with E-state index >= 15 is 0 Å². The van der Waals surface area contributed by atoms with Crippen molar-refractivity contribution in [3.63, 3.8) is 0 Å². The number of hydrogen-bond donors (Lipinski definition) is 0. The van der Waals surface area contributed by atoms with Gasteiger partial charge in [-0.25, -0.2) is 12.8 Å². The Morgan fingerprint density at radius 1 is 0.881 bits per heavy atom. The molecule has 0 spiro atoms. The van der Waals surface area contributed by atoms with Crippen LogP contribution in [0.15, 0.2) is 111 Å². The SMILES string of the molecule is COCCN(CC(=O)N(Cc1ccc(F)cc1)Cc1coc2ccccc2c1=O)S(=O)(=O)c1cccc2ccccc12. The van der Waals surface area contributed by atoms with Gasteiger partial charge in [0, 0.05) is 25.6 Å². The summed E-state index contributed by atoms with van der Waals surface area (Å²) in [5, 5.41) is 1.65. The van der Waals surface area contributed by atoms with Crippen LogP contribution in [0.25, 0.3) is 21.7 Å². The number of methoxy groups -OCH3 is 1. The van der Waals surface area contributed by atoms with Crippen LogP contribution in [0.5, 0.6) is 0 Å². The molecule has 0 radical (unpaired) electrons. The van der Waals surface area contributed by atoms with Crippen molar-refractivity contribution in [2.45, 2.75) is 18.0 Å². The van der Waals surface area contributed by atoms with Gasteiger partial charge in [-0.3, -0.25) is 9.59 Å². The molecule has 4 aromatic carbocycles. The lowest BCUT2D eigenvalue weighted by molar-refractivity contribution is -0.132. The summed E-state index contributed by atoms with van der Waals surface area (Å²) in [5.41, 5.74) is 0.947. The van der Waals surface area contributed by atoms with E-state index in [-0.39, 0.29) is 42.1 Å². The molecule has 0 aliphatic rings. The molecule has 0 N–H and O–H groups in total. The lowest BCUT2D eigenvalue weighted by Crippen LogP contribution is -2.44. The predicted octanol–water partition coefficient (Wildman–Crippen LogP) is 4.95. The largest absolute Gasteiger partial charge is 0.464 e. The Morgan fingerprint density at radius 3 is 2.33 bits per heavy atom. The van der Waals surface area contributed by atoms with Gasteiger partial charge in [0.15, 0.2) is 5.43 Å². The molecule has 0 saturated heterocycles. The third kappa shape index (κ3) is 6.25. The minimum absolute atomic E-state index is 0.0117. The molecule has 0 atom stereocenters. The molecule has 0 aliphatic heterocycles. The van der Waals surface area contributed by atoms with Gasteiger partial charge in [0.25, 0.3) is 0 Å². The number of para-hydroxylation sites is 1. The number of fused-ring (bicyclic) bond motifs is 2. The van der Waals surface area contributed by atoms with E-state index in [1.54, 1.807) is 42.5 Å². The van der Waals surface area contributed by atoms with Crippen molar-refractivity contribution in [1.82, 2.24) is 9.21 Å². The van der Waals surface area contributed by atoms with E-state index in [0.29, 0.717) is 21.9 Å². The average molecular weight is 589 g/mol. The third-order valence-electron chi connectivity index (χ3n) is 6.98. The topological polar surface area (TPSA) is 97.1 Å². The highest BCUT2D eigenvalue weighted by atomic mass is 32.2. The van der Waals surface area contributed by atoms with Gasteiger partial charge in [-0.2, -0.15) is 4.31 Å². The van der Waals surface area contributed by atoms with Gasteiger partial charge < -0.3 is 14.1 Å². The smallest absolute Gasteiger partial charge is 0.244 e. The number of rotatable bonds is 11. The summed E-state index contributed by atoms with van der Waals surface area (Å²) in [6, 6.07) is 24.5. The number of carbonyl (C=O) groups excluding carboxylic acids is 1. The number of amides is 1. The average Bonchev–Trinajstić information content (AvgIpc) is 3.00. The number of halogens is 1. The van der Waals surface area contributed by atoms with Crippen molar-refractivity contribution in [2.24, 2.45) is 0 Å². The molecule has 0 bridgehead atoms. The molecule has 5 aromatic rings. The number of nitrogens with zero attached hydrogens (tertiary/aromatic N) is 2. The predicted molar refractivity (Wildman–Crippen MR) is 158 cm³/mol. The van der Waals surface area contributed by atoms with Crippen LogP contribution < -0.4 is 5.43 Å². The van der Waals surface area contributed by atoms with Crippen molar-refractivity contribution in [2.75, 3.05) is 26.8 Å². The van der Waals surface area contributed by atoms with Crippen LogP contribution in [0, 0.1) is 5.82 Å². The normalized spacial score (nSPS) is 11.8. The highest BCUT2D eigenvalue weighted by Crippen LogP contribution is 2.26. The molecule has 0 saturated carbocycles. The zero-order valence-electron chi connectivity index (χ0n) is 22.9. The van der Waals surface area contributed by atoms with Crippen molar-refractivity contribution < 1.29 is 26.8 Å². The fraction of sp³-hybridized carbons (Fsp3) is 0.188. The summed E-state index contributed by atoms with van der Waals surface area (Å²) in [5.74, 6) is -0.981. The first kappa shape index (κ1) is 29.1. The Morgan fingerprint density at radius 2 is 1.57 bits per heavy atom. The van der Waals surface area contributed by atoms with E-state index in [2.05, 4.69) is 0 Å². The minimum Gasteiger partial charge on any atom is -0.464 e. The molecule has 1 heterocycles. The summed E-state index contributed by atoms with van der Waals surface area (Å²) >= 11 is 0. The summed E-state index contributed by atoms with van der Waals surface area (Å²) in [6.07, 6.45) is 1.31. The first-order chi connectivity index (χ1) is 20.3. The Kier molecular flexibility index (Phi) is 8.77. The minimum atomic E-state index is -4.14. The van der Waals surface area contributed by atoms with Crippen LogP contribution in [0.2, 0.25) is 0 Å². The Labute approximate surface area is 242 Å². The van der Waals surface area contributed by atoms with Crippen LogP contribution in [0.3, 0.4) is 0 Å². The highest BCUT2D eigenvalue weighted by Gasteiger charge is 2.30. The number of hydrogen-bond acceptors (Lipinski definition) is 6. The fourth-order valence-corrected chi connectivity index (χ4v) is 6.35. The second kappa shape index (κ2) is 12.6. The standard InChI is InChI=1S/C32H29FN2O6S/c1-40-18-17-35(42(38,39)30-12-6-8-24-7-2-3-9-27(24)30)21-31(36)34(19-23-13-15-26(33)16-14-23)20-25-22-41-29-11-5-4-10-28(29)32(25)37/h2-16,22H,17-21H2,1H3. The first-order valence-electron chi connectivity index (χ1n) is 13.3. The van der Waals surface area contributed by atoms with E-state index < -0.39 is 28.3 Å². The number of ether oxygens (including phenoxy) is 1. The van der Waals surface area contributed by atoms with Gasteiger partial charge >= 0.3 is 0 Å². The van der Waals surface area contributed by atoms with Gasteiger partial charge in [-0.05, 0) is 41.3 Å². The molecule has 216 valence electrons. The highest BCUT2D eigenvalue weighted by molar-refractivity contribution is 7.89. The van der Waals surface area contributed by atoms with Crippen molar-refractivity contribution >= 4 is 37.7 Å². The molecule has 42 heavy (non-hydrogen) atoms. The van der Waals surface area contributed by atoms with Gasteiger partial charge in [-0.1, -0.05) is 60.7 Å². The van der Waals surface area contributed by atoms with E-state index in [1.165, 1.54) is 48.6 Å². The van der Waals surface area contributed by atoms with Crippen LogP contribution in [0.1, 0.15) is 11.1 Å². The molecule has 10 heteroatoms. The summed E-state index contributed by atoms with van der Waals surface area (Å²) in [6.45, 7) is -0.650. The zero-order valence-corrected chi connectivity index (χ0v) is 23.7. The third-order valence-corrected chi connectivity index (χ3v) is 8.88. The van der Waals surface area contributed by atoms with E-state index in [4.69, 9.17) is 9.15 Å². The molecule has 1 amide bonds.